The molecule has 0 saturated carbocycles. The van der Waals surface area contributed by atoms with E-state index in [0.717, 1.165) is 0 Å². The molecule has 0 unspecified atom stereocenters. The fourth-order valence-corrected chi connectivity index (χ4v) is 2.68. The second-order valence-electron chi connectivity index (χ2n) is 5.49. The van der Waals surface area contributed by atoms with Crippen molar-refractivity contribution >= 4 is 28.3 Å². The van der Waals surface area contributed by atoms with Crippen molar-refractivity contribution in [1.82, 2.24) is 9.97 Å². The lowest BCUT2D eigenvalue weighted by molar-refractivity contribution is 0.0641. The number of fused-ring (bicyclic) bond motifs is 1. The Balaban J connectivity index is 2.21. The van der Waals surface area contributed by atoms with Gasteiger partial charge in [0.1, 0.15) is 11.6 Å². The number of hydrogen-bond acceptors (Lipinski definition) is 4. The summed E-state index contributed by atoms with van der Waals surface area (Å²) in [7, 11) is 0. The number of nitrogens with zero attached hydrogens (tertiary/aromatic N) is 3. The molecular weight excluding hydrogens is 281 g/mol. The molecule has 0 radical (unpaired) electrons. The van der Waals surface area contributed by atoms with E-state index in [0.29, 0.717) is 36.5 Å². The number of rotatable bonds is 1. The zero-order chi connectivity index (χ0) is 14.3. The Bertz CT molecular complexity index is 662. The van der Waals surface area contributed by atoms with E-state index >= 15 is 0 Å². The van der Waals surface area contributed by atoms with Crippen LogP contribution in [0.25, 0.3) is 10.9 Å². The Morgan fingerprint density at radius 3 is 2.90 bits per heavy atom. The van der Waals surface area contributed by atoms with Gasteiger partial charge in [-0.25, -0.2) is 9.37 Å². The van der Waals surface area contributed by atoms with E-state index < -0.39 is 0 Å². The van der Waals surface area contributed by atoms with E-state index in [4.69, 9.17) is 16.3 Å². The second-order valence-corrected chi connectivity index (χ2v) is 5.83. The van der Waals surface area contributed by atoms with E-state index in [9.17, 15) is 4.39 Å². The summed E-state index contributed by atoms with van der Waals surface area (Å²) in [5, 5.41) is 0.839. The third kappa shape index (κ3) is 2.31. The Morgan fingerprint density at radius 1 is 1.35 bits per heavy atom. The summed E-state index contributed by atoms with van der Waals surface area (Å²) in [6, 6.07) is 4.45. The van der Waals surface area contributed by atoms with Crippen molar-refractivity contribution in [3.05, 3.63) is 29.3 Å². The van der Waals surface area contributed by atoms with Gasteiger partial charge in [-0.2, -0.15) is 4.98 Å². The Kier molecular flexibility index (Phi) is 3.26. The molecule has 2 heterocycles. The Hall–Kier alpha value is -1.46. The molecule has 106 valence electrons. The van der Waals surface area contributed by atoms with Crippen LogP contribution in [0.15, 0.2) is 18.2 Å². The van der Waals surface area contributed by atoms with Gasteiger partial charge in [-0.3, -0.25) is 0 Å². The molecular formula is C14H15ClFN3O. The summed E-state index contributed by atoms with van der Waals surface area (Å²) in [5.74, 6) is 0.350. The highest BCUT2D eigenvalue weighted by atomic mass is 35.5. The van der Waals surface area contributed by atoms with Crippen LogP contribution in [0.5, 0.6) is 0 Å². The molecule has 1 fully saturated rings. The third-order valence-corrected chi connectivity index (χ3v) is 3.68. The van der Waals surface area contributed by atoms with Gasteiger partial charge in [0.15, 0.2) is 0 Å². The quantitative estimate of drug-likeness (QED) is 0.758. The molecule has 1 saturated heterocycles. The minimum Gasteiger partial charge on any atom is -0.377 e. The first-order chi connectivity index (χ1) is 9.47. The zero-order valence-corrected chi connectivity index (χ0v) is 12.1. The van der Waals surface area contributed by atoms with E-state index in [1.165, 1.54) is 12.1 Å². The summed E-state index contributed by atoms with van der Waals surface area (Å²) in [6.07, 6.45) is 0. The highest BCUT2D eigenvalue weighted by Crippen LogP contribution is 2.32. The van der Waals surface area contributed by atoms with Gasteiger partial charge in [0.2, 0.25) is 5.28 Å². The van der Waals surface area contributed by atoms with Crippen molar-refractivity contribution in [2.24, 2.45) is 0 Å². The van der Waals surface area contributed by atoms with Crippen LogP contribution in [0.1, 0.15) is 13.8 Å². The molecule has 0 amide bonds. The molecule has 6 heteroatoms. The molecule has 1 aromatic carbocycles. The number of ether oxygens (including phenoxy) is 1. The van der Waals surface area contributed by atoms with Crippen LogP contribution in [-0.4, -0.2) is 35.3 Å². The van der Waals surface area contributed by atoms with E-state index in [-0.39, 0.29) is 16.6 Å². The lowest BCUT2D eigenvalue weighted by Crippen LogP contribution is -2.53. The van der Waals surface area contributed by atoms with Crippen molar-refractivity contribution in [3.63, 3.8) is 0 Å². The highest BCUT2D eigenvalue weighted by Gasteiger charge is 2.32. The van der Waals surface area contributed by atoms with Crippen molar-refractivity contribution in [1.29, 1.82) is 0 Å². The molecule has 0 bridgehead atoms. The predicted molar refractivity (Wildman–Crippen MR) is 76.8 cm³/mol. The number of morpholine rings is 1. The van der Waals surface area contributed by atoms with Crippen LogP contribution in [0.4, 0.5) is 10.2 Å². The normalized spacial score (nSPS) is 18.5. The third-order valence-electron chi connectivity index (χ3n) is 3.51. The number of aromatic nitrogens is 2. The van der Waals surface area contributed by atoms with Crippen molar-refractivity contribution < 1.29 is 9.13 Å². The summed E-state index contributed by atoms with van der Waals surface area (Å²) in [6.45, 7) is 6.01. The van der Waals surface area contributed by atoms with Gasteiger partial charge in [-0.1, -0.05) is 0 Å². The van der Waals surface area contributed by atoms with Gasteiger partial charge in [-0.05, 0) is 43.6 Å². The summed E-state index contributed by atoms with van der Waals surface area (Å²) < 4.78 is 19.1. The van der Waals surface area contributed by atoms with Crippen LogP contribution in [0.2, 0.25) is 5.28 Å². The maximum absolute atomic E-state index is 13.5. The highest BCUT2D eigenvalue weighted by molar-refractivity contribution is 6.28. The molecule has 3 rings (SSSR count). The molecule has 0 N–H and O–H groups in total. The van der Waals surface area contributed by atoms with E-state index in [1.807, 2.05) is 0 Å². The predicted octanol–water partition coefficient (Wildman–Crippen LogP) is 3.04. The van der Waals surface area contributed by atoms with Crippen LogP contribution >= 0.6 is 11.6 Å². The lowest BCUT2D eigenvalue weighted by atomic mass is 10.0. The molecule has 0 spiro atoms. The summed E-state index contributed by atoms with van der Waals surface area (Å²) in [5.41, 5.74) is 0.415. The molecule has 1 aliphatic heterocycles. The largest absolute Gasteiger partial charge is 0.377 e. The molecule has 20 heavy (non-hydrogen) atoms. The van der Waals surface area contributed by atoms with Crippen molar-refractivity contribution in [2.45, 2.75) is 19.4 Å². The van der Waals surface area contributed by atoms with E-state index in [1.54, 1.807) is 6.07 Å². The van der Waals surface area contributed by atoms with Gasteiger partial charge in [0.25, 0.3) is 0 Å². The van der Waals surface area contributed by atoms with Crippen LogP contribution in [-0.2, 0) is 4.74 Å². The second kappa shape index (κ2) is 4.82. The van der Waals surface area contributed by atoms with E-state index in [2.05, 4.69) is 28.7 Å². The summed E-state index contributed by atoms with van der Waals surface area (Å²) in [4.78, 5) is 10.6. The standard InChI is InChI=1S/C14H15ClFN3O/c1-14(2)8-20-6-5-19(14)12-10-7-9(16)3-4-11(10)17-13(15)18-12/h3-4,7H,5-6,8H2,1-2H3. The van der Waals surface area contributed by atoms with Gasteiger partial charge in [0.05, 0.1) is 24.3 Å². The number of benzene rings is 1. The molecule has 4 nitrogen and oxygen atoms in total. The van der Waals surface area contributed by atoms with Gasteiger partial charge < -0.3 is 9.64 Å². The minimum atomic E-state index is -0.310. The Labute approximate surface area is 121 Å². The lowest BCUT2D eigenvalue weighted by Gasteiger charge is -2.43. The van der Waals surface area contributed by atoms with Crippen LogP contribution in [0.3, 0.4) is 0 Å². The first-order valence-corrected chi connectivity index (χ1v) is 6.83. The Morgan fingerprint density at radius 2 is 2.15 bits per heavy atom. The van der Waals surface area contributed by atoms with Gasteiger partial charge in [0, 0.05) is 11.9 Å². The molecule has 0 aliphatic carbocycles. The minimum absolute atomic E-state index is 0.168. The maximum atomic E-state index is 13.5. The fraction of sp³-hybridized carbons (Fsp3) is 0.429. The van der Waals surface area contributed by atoms with Gasteiger partial charge in [-0.15, -0.1) is 0 Å². The first-order valence-electron chi connectivity index (χ1n) is 6.45. The topological polar surface area (TPSA) is 38.2 Å². The first kappa shape index (κ1) is 13.5. The maximum Gasteiger partial charge on any atom is 0.224 e. The molecule has 2 aromatic rings. The molecule has 1 aromatic heterocycles. The zero-order valence-electron chi connectivity index (χ0n) is 11.4. The monoisotopic (exact) mass is 295 g/mol. The number of halogens is 2. The van der Waals surface area contributed by atoms with Crippen molar-refractivity contribution in [3.8, 4) is 0 Å². The SMILES string of the molecule is CC1(C)COCCN1c1nc(Cl)nc2ccc(F)cc12. The number of anilines is 1. The smallest absolute Gasteiger partial charge is 0.224 e. The molecule has 0 atom stereocenters. The number of hydrogen-bond donors (Lipinski definition) is 0. The average Bonchev–Trinajstić information content (AvgIpc) is 2.38. The average molecular weight is 296 g/mol. The van der Waals surface area contributed by atoms with Crippen molar-refractivity contribution in [2.75, 3.05) is 24.7 Å². The van der Waals surface area contributed by atoms with Gasteiger partial charge >= 0.3 is 0 Å². The molecule has 1 aliphatic rings. The van der Waals surface area contributed by atoms with Crippen LogP contribution in [0, 0.1) is 5.82 Å². The fourth-order valence-electron chi connectivity index (χ4n) is 2.51. The van der Waals surface area contributed by atoms with Crippen LogP contribution < -0.4 is 4.90 Å². The summed E-state index contributed by atoms with van der Waals surface area (Å²) >= 11 is 6.00.